The van der Waals surface area contributed by atoms with E-state index in [9.17, 15) is 15.0 Å². The standard InChI is InChI=1S/C14H18ClNO3/c15-13-8-12(18)4-1-9(13)7-14(19)16-10-2-5-11(17)6-3-10/h1,4,8,10-11,17-18H,2-3,5-7H2,(H,16,19). The molecule has 0 unspecified atom stereocenters. The molecule has 3 N–H and O–H groups in total. The van der Waals surface area contributed by atoms with E-state index in [0.717, 1.165) is 25.7 Å². The van der Waals surface area contributed by atoms with Gasteiger partial charge in [0.1, 0.15) is 5.75 Å². The van der Waals surface area contributed by atoms with Crippen molar-refractivity contribution >= 4 is 17.5 Å². The van der Waals surface area contributed by atoms with E-state index in [1.54, 1.807) is 6.07 Å². The first-order chi connectivity index (χ1) is 9.04. The maximum Gasteiger partial charge on any atom is 0.224 e. The number of rotatable bonds is 3. The Morgan fingerprint density at radius 2 is 2.00 bits per heavy atom. The average molecular weight is 284 g/mol. The van der Waals surface area contributed by atoms with Crippen LogP contribution in [0.3, 0.4) is 0 Å². The molecule has 1 aromatic carbocycles. The van der Waals surface area contributed by atoms with Crippen molar-refractivity contribution < 1.29 is 15.0 Å². The molecule has 1 aliphatic rings. The molecule has 0 bridgehead atoms. The van der Waals surface area contributed by atoms with Crippen molar-refractivity contribution in [3.05, 3.63) is 28.8 Å². The number of hydrogen-bond acceptors (Lipinski definition) is 3. The van der Waals surface area contributed by atoms with Gasteiger partial charge >= 0.3 is 0 Å². The first kappa shape index (κ1) is 14.2. The lowest BCUT2D eigenvalue weighted by molar-refractivity contribution is -0.121. The summed E-state index contributed by atoms with van der Waals surface area (Å²) >= 11 is 5.96. The molecule has 4 nitrogen and oxygen atoms in total. The fourth-order valence-corrected chi connectivity index (χ4v) is 2.59. The summed E-state index contributed by atoms with van der Waals surface area (Å²) in [4.78, 5) is 11.9. The Balaban J connectivity index is 1.87. The summed E-state index contributed by atoms with van der Waals surface area (Å²) in [6, 6.07) is 4.75. The van der Waals surface area contributed by atoms with Gasteiger partial charge in [-0.2, -0.15) is 0 Å². The van der Waals surface area contributed by atoms with E-state index in [4.69, 9.17) is 11.6 Å². The minimum atomic E-state index is -0.223. The van der Waals surface area contributed by atoms with Gasteiger partial charge < -0.3 is 15.5 Å². The molecule has 0 aliphatic heterocycles. The number of amides is 1. The zero-order valence-corrected chi connectivity index (χ0v) is 11.4. The average Bonchev–Trinajstić information content (AvgIpc) is 2.36. The van der Waals surface area contributed by atoms with E-state index >= 15 is 0 Å². The molecule has 19 heavy (non-hydrogen) atoms. The van der Waals surface area contributed by atoms with Crippen LogP contribution in [0, 0.1) is 0 Å². The van der Waals surface area contributed by atoms with Crippen LogP contribution in [0.15, 0.2) is 18.2 Å². The number of aromatic hydroxyl groups is 1. The lowest BCUT2D eigenvalue weighted by atomic mass is 9.93. The molecule has 104 valence electrons. The van der Waals surface area contributed by atoms with Gasteiger partial charge in [-0.1, -0.05) is 17.7 Å². The molecule has 0 aromatic heterocycles. The number of halogens is 1. The van der Waals surface area contributed by atoms with Crippen LogP contribution in [-0.4, -0.2) is 28.3 Å². The van der Waals surface area contributed by atoms with E-state index in [0.29, 0.717) is 10.6 Å². The summed E-state index contributed by atoms with van der Waals surface area (Å²) in [6.45, 7) is 0. The molecule has 1 amide bonds. The highest BCUT2D eigenvalue weighted by atomic mass is 35.5. The Morgan fingerprint density at radius 3 is 2.63 bits per heavy atom. The van der Waals surface area contributed by atoms with Crippen molar-refractivity contribution in [3.63, 3.8) is 0 Å². The monoisotopic (exact) mass is 283 g/mol. The van der Waals surface area contributed by atoms with Gasteiger partial charge in [-0.05, 0) is 43.4 Å². The van der Waals surface area contributed by atoms with Crippen molar-refractivity contribution in [3.8, 4) is 5.75 Å². The van der Waals surface area contributed by atoms with Crippen molar-refractivity contribution in [2.75, 3.05) is 0 Å². The Morgan fingerprint density at radius 1 is 1.32 bits per heavy atom. The van der Waals surface area contributed by atoms with E-state index in [-0.39, 0.29) is 30.2 Å². The topological polar surface area (TPSA) is 69.6 Å². The lowest BCUT2D eigenvalue weighted by Gasteiger charge is -2.26. The van der Waals surface area contributed by atoms with Crippen LogP contribution in [0.2, 0.25) is 5.02 Å². The normalized spacial score (nSPS) is 23.1. The summed E-state index contributed by atoms with van der Waals surface area (Å²) in [6.07, 6.45) is 3.10. The van der Waals surface area contributed by atoms with Crippen LogP contribution in [0.25, 0.3) is 0 Å². The van der Waals surface area contributed by atoms with Crippen LogP contribution in [0.1, 0.15) is 31.2 Å². The molecular weight excluding hydrogens is 266 g/mol. The SMILES string of the molecule is O=C(Cc1ccc(O)cc1Cl)NC1CCC(O)CC1. The second-order valence-electron chi connectivity index (χ2n) is 5.03. The largest absolute Gasteiger partial charge is 0.508 e. The van der Waals surface area contributed by atoms with Gasteiger partial charge in [0.25, 0.3) is 0 Å². The van der Waals surface area contributed by atoms with Gasteiger partial charge in [-0.15, -0.1) is 0 Å². The number of aliphatic hydroxyl groups excluding tert-OH is 1. The Kier molecular flexibility index (Phi) is 4.66. The molecule has 0 saturated heterocycles. The summed E-state index contributed by atoms with van der Waals surface area (Å²) < 4.78 is 0. The number of benzene rings is 1. The third kappa shape index (κ3) is 4.11. The highest BCUT2D eigenvalue weighted by Crippen LogP contribution is 2.22. The molecule has 1 fully saturated rings. The predicted octanol–water partition coefficient (Wildman–Crippen LogP) is 2.01. The predicted molar refractivity (Wildman–Crippen MR) is 73.2 cm³/mol. The summed E-state index contributed by atoms with van der Waals surface area (Å²) in [5, 5.41) is 22.0. The van der Waals surface area contributed by atoms with Gasteiger partial charge in [-0.25, -0.2) is 0 Å². The highest BCUT2D eigenvalue weighted by Gasteiger charge is 2.21. The zero-order chi connectivity index (χ0) is 13.8. The van der Waals surface area contributed by atoms with Crippen LogP contribution in [-0.2, 0) is 11.2 Å². The number of carbonyl (C=O) groups excluding carboxylic acids is 1. The van der Waals surface area contributed by atoms with Crippen molar-refractivity contribution in [1.29, 1.82) is 0 Å². The lowest BCUT2D eigenvalue weighted by Crippen LogP contribution is -2.39. The van der Waals surface area contributed by atoms with E-state index in [1.807, 2.05) is 0 Å². The van der Waals surface area contributed by atoms with Gasteiger partial charge in [0.05, 0.1) is 12.5 Å². The quantitative estimate of drug-likeness (QED) is 0.795. The van der Waals surface area contributed by atoms with Crippen molar-refractivity contribution in [2.24, 2.45) is 0 Å². The molecule has 0 heterocycles. The van der Waals surface area contributed by atoms with Crippen molar-refractivity contribution in [2.45, 2.75) is 44.2 Å². The maximum atomic E-state index is 11.9. The number of carbonyl (C=O) groups is 1. The smallest absolute Gasteiger partial charge is 0.224 e. The molecule has 0 atom stereocenters. The number of phenolic OH excluding ortho intramolecular Hbond substituents is 1. The molecule has 0 spiro atoms. The van der Waals surface area contributed by atoms with Crippen LogP contribution >= 0.6 is 11.6 Å². The van der Waals surface area contributed by atoms with Crippen LogP contribution in [0.5, 0.6) is 5.75 Å². The number of nitrogens with one attached hydrogen (secondary N) is 1. The molecule has 2 rings (SSSR count). The Labute approximate surface area is 117 Å². The molecular formula is C14H18ClNO3. The fraction of sp³-hybridized carbons (Fsp3) is 0.500. The highest BCUT2D eigenvalue weighted by molar-refractivity contribution is 6.31. The van der Waals surface area contributed by atoms with E-state index in [1.165, 1.54) is 12.1 Å². The second kappa shape index (κ2) is 6.26. The second-order valence-corrected chi connectivity index (χ2v) is 5.43. The van der Waals surface area contributed by atoms with E-state index in [2.05, 4.69) is 5.32 Å². The fourth-order valence-electron chi connectivity index (χ4n) is 2.35. The first-order valence-corrected chi connectivity index (χ1v) is 6.87. The van der Waals surface area contributed by atoms with Crippen LogP contribution in [0.4, 0.5) is 0 Å². The van der Waals surface area contributed by atoms with Gasteiger partial charge in [0.15, 0.2) is 0 Å². The number of hydrogen-bond donors (Lipinski definition) is 3. The third-order valence-corrected chi connectivity index (χ3v) is 3.80. The molecule has 1 aliphatic carbocycles. The van der Waals surface area contributed by atoms with E-state index < -0.39 is 0 Å². The maximum absolute atomic E-state index is 11.9. The number of aliphatic hydroxyl groups is 1. The van der Waals surface area contributed by atoms with Gasteiger partial charge in [-0.3, -0.25) is 4.79 Å². The molecule has 0 radical (unpaired) electrons. The molecule has 1 aromatic rings. The third-order valence-electron chi connectivity index (χ3n) is 3.45. The Bertz CT molecular complexity index is 456. The Hall–Kier alpha value is -1.26. The van der Waals surface area contributed by atoms with Crippen molar-refractivity contribution in [1.82, 2.24) is 5.32 Å². The zero-order valence-electron chi connectivity index (χ0n) is 10.6. The summed E-state index contributed by atoms with van der Waals surface area (Å²) in [5.41, 5.74) is 0.702. The first-order valence-electron chi connectivity index (χ1n) is 6.49. The summed E-state index contributed by atoms with van der Waals surface area (Å²) in [5.74, 6) is 0.0180. The minimum Gasteiger partial charge on any atom is -0.508 e. The molecule has 5 heteroatoms. The minimum absolute atomic E-state index is 0.0750. The van der Waals surface area contributed by atoms with Gasteiger partial charge in [0, 0.05) is 11.1 Å². The van der Waals surface area contributed by atoms with Gasteiger partial charge in [0.2, 0.25) is 5.91 Å². The summed E-state index contributed by atoms with van der Waals surface area (Å²) in [7, 11) is 0. The van der Waals surface area contributed by atoms with Crippen LogP contribution < -0.4 is 5.32 Å². The number of phenols is 1. The molecule has 1 saturated carbocycles.